The maximum absolute atomic E-state index is 10.0. The van der Waals surface area contributed by atoms with Gasteiger partial charge in [-0.05, 0) is 24.3 Å². The van der Waals surface area contributed by atoms with Crippen LogP contribution in [0.3, 0.4) is 0 Å². The van der Waals surface area contributed by atoms with Gasteiger partial charge >= 0.3 is 0 Å². The van der Waals surface area contributed by atoms with Gasteiger partial charge in [-0.3, -0.25) is 4.90 Å². The summed E-state index contributed by atoms with van der Waals surface area (Å²) in [5, 5.41) is 10.0. The van der Waals surface area contributed by atoms with Crippen LogP contribution in [0.1, 0.15) is 41.0 Å². The standard InChI is InChI=1S/C12H25NO/c1-10(2)12(14)8-13(9-12)7-6-11(3,4)5/h10,14H,6-9H2,1-5H3. The van der Waals surface area contributed by atoms with E-state index in [9.17, 15) is 5.11 Å². The molecule has 2 heteroatoms. The van der Waals surface area contributed by atoms with Gasteiger partial charge in [0.25, 0.3) is 0 Å². The van der Waals surface area contributed by atoms with Crippen molar-refractivity contribution in [3.05, 3.63) is 0 Å². The molecule has 84 valence electrons. The molecule has 0 aromatic carbocycles. The zero-order chi connectivity index (χ0) is 11.0. The first-order valence-electron chi connectivity index (χ1n) is 5.68. The van der Waals surface area contributed by atoms with E-state index in [4.69, 9.17) is 0 Å². The van der Waals surface area contributed by atoms with E-state index in [0.29, 0.717) is 11.3 Å². The fraction of sp³-hybridized carbons (Fsp3) is 1.00. The number of nitrogens with zero attached hydrogens (tertiary/aromatic N) is 1. The van der Waals surface area contributed by atoms with Gasteiger partial charge in [-0.1, -0.05) is 34.6 Å². The van der Waals surface area contributed by atoms with Crippen molar-refractivity contribution in [2.45, 2.75) is 46.6 Å². The van der Waals surface area contributed by atoms with Crippen molar-refractivity contribution in [2.24, 2.45) is 11.3 Å². The number of rotatable bonds is 3. The van der Waals surface area contributed by atoms with E-state index in [1.54, 1.807) is 0 Å². The fourth-order valence-electron chi connectivity index (χ4n) is 1.74. The van der Waals surface area contributed by atoms with Crippen molar-refractivity contribution in [3.63, 3.8) is 0 Å². The third kappa shape index (κ3) is 2.96. The Morgan fingerprint density at radius 2 is 1.79 bits per heavy atom. The van der Waals surface area contributed by atoms with E-state index in [1.165, 1.54) is 6.42 Å². The molecule has 0 radical (unpaired) electrons. The molecule has 1 aliphatic heterocycles. The molecule has 1 fully saturated rings. The van der Waals surface area contributed by atoms with Crippen LogP contribution in [-0.2, 0) is 0 Å². The molecule has 1 rings (SSSR count). The van der Waals surface area contributed by atoms with Gasteiger partial charge < -0.3 is 5.11 Å². The van der Waals surface area contributed by atoms with Crippen molar-refractivity contribution in [2.75, 3.05) is 19.6 Å². The lowest BCUT2D eigenvalue weighted by Gasteiger charge is -2.49. The summed E-state index contributed by atoms with van der Waals surface area (Å²) in [6.07, 6.45) is 1.21. The second-order valence-electron chi connectivity index (χ2n) is 6.28. The normalized spacial score (nSPS) is 22.5. The van der Waals surface area contributed by atoms with Crippen LogP contribution in [0.15, 0.2) is 0 Å². The van der Waals surface area contributed by atoms with Gasteiger partial charge in [0.05, 0.1) is 5.60 Å². The lowest BCUT2D eigenvalue weighted by Crippen LogP contribution is -2.64. The van der Waals surface area contributed by atoms with Crippen molar-refractivity contribution in [1.82, 2.24) is 4.90 Å². The zero-order valence-corrected chi connectivity index (χ0v) is 10.3. The van der Waals surface area contributed by atoms with Crippen LogP contribution in [0, 0.1) is 11.3 Å². The van der Waals surface area contributed by atoms with Crippen LogP contribution in [0.4, 0.5) is 0 Å². The Hall–Kier alpha value is -0.0800. The first-order valence-corrected chi connectivity index (χ1v) is 5.68. The largest absolute Gasteiger partial charge is 0.387 e. The highest BCUT2D eigenvalue weighted by Crippen LogP contribution is 2.30. The molecule has 1 saturated heterocycles. The molecule has 0 aromatic heterocycles. The summed E-state index contributed by atoms with van der Waals surface area (Å²) < 4.78 is 0. The summed E-state index contributed by atoms with van der Waals surface area (Å²) in [6.45, 7) is 13.8. The number of likely N-dealkylation sites (tertiary alicyclic amines) is 1. The highest BCUT2D eigenvalue weighted by atomic mass is 16.3. The van der Waals surface area contributed by atoms with Crippen molar-refractivity contribution < 1.29 is 5.11 Å². The van der Waals surface area contributed by atoms with Crippen LogP contribution < -0.4 is 0 Å². The average Bonchev–Trinajstić information content (AvgIpc) is 1.93. The minimum absolute atomic E-state index is 0.383. The maximum atomic E-state index is 10.0. The van der Waals surface area contributed by atoms with Crippen molar-refractivity contribution in [3.8, 4) is 0 Å². The maximum Gasteiger partial charge on any atom is 0.0922 e. The summed E-state index contributed by atoms with van der Waals surface area (Å²) >= 11 is 0. The van der Waals surface area contributed by atoms with Gasteiger partial charge in [0.15, 0.2) is 0 Å². The Kier molecular flexibility index (Phi) is 3.27. The van der Waals surface area contributed by atoms with Gasteiger partial charge in [0, 0.05) is 13.1 Å². The lowest BCUT2D eigenvalue weighted by atomic mass is 9.82. The predicted molar refractivity (Wildman–Crippen MR) is 60.3 cm³/mol. The topological polar surface area (TPSA) is 23.5 Å². The highest BCUT2D eigenvalue weighted by Gasteiger charge is 2.43. The Bertz CT molecular complexity index is 187. The van der Waals surface area contributed by atoms with Gasteiger partial charge in [-0.25, -0.2) is 0 Å². The van der Waals surface area contributed by atoms with E-state index in [0.717, 1.165) is 19.6 Å². The summed E-state index contributed by atoms with van der Waals surface area (Å²) in [7, 11) is 0. The first-order chi connectivity index (χ1) is 6.23. The van der Waals surface area contributed by atoms with E-state index in [2.05, 4.69) is 39.5 Å². The molecular weight excluding hydrogens is 174 g/mol. The molecule has 0 saturated carbocycles. The van der Waals surface area contributed by atoms with Gasteiger partial charge in [-0.2, -0.15) is 0 Å². The van der Waals surface area contributed by atoms with Gasteiger partial charge in [0.2, 0.25) is 0 Å². The van der Waals surface area contributed by atoms with Crippen molar-refractivity contribution >= 4 is 0 Å². The molecule has 1 N–H and O–H groups in total. The van der Waals surface area contributed by atoms with Crippen LogP contribution in [0.2, 0.25) is 0 Å². The predicted octanol–water partition coefficient (Wildman–Crippen LogP) is 2.13. The Labute approximate surface area is 88.3 Å². The highest BCUT2D eigenvalue weighted by molar-refractivity contribution is 4.97. The first kappa shape index (κ1) is 12.0. The lowest BCUT2D eigenvalue weighted by molar-refractivity contribution is -0.129. The number of aliphatic hydroxyl groups is 1. The monoisotopic (exact) mass is 199 g/mol. The van der Waals surface area contributed by atoms with E-state index in [-0.39, 0.29) is 0 Å². The smallest absolute Gasteiger partial charge is 0.0922 e. The Balaban J connectivity index is 2.22. The summed E-state index contributed by atoms with van der Waals surface area (Å²) in [4.78, 5) is 2.35. The van der Waals surface area contributed by atoms with Crippen LogP contribution in [0.25, 0.3) is 0 Å². The second-order valence-corrected chi connectivity index (χ2v) is 6.28. The fourth-order valence-corrected chi connectivity index (χ4v) is 1.74. The van der Waals surface area contributed by atoms with Crippen LogP contribution in [-0.4, -0.2) is 35.2 Å². The van der Waals surface area contributed by atoms with E-state index >= 15 is 0 Å². The third-order valence-electron chi connectivity index (χ3n) is 3.25. The molecule has 0 amide bonds. The molecule has 14 heavy (non-hydrogen) atoms. The third-order valence-corrected chi connectivity index (χ3v) is 3.25. The summed E-state index contributed by atoms with van der Waals surface area (Å²) in [5.74, 6) is 0.383. The van der Waals surface area contributed by atoms with E-state index < -0.39 is 5.60 Å². The Morgan fingerprint density at radius 1 is 1.29 bits per heavy atom. The number of β-amino-alcohol motifs (C(OH)–C–C–N with tert-alkyl or cyclic N) is 1. The minimum atomic E-state index is -0.405. The molecule has 0 atom stereocenters. The molecule has 0 bridgehead atoms. The summed E-state index contributed by atoms with van der Waals surface area (Å²) in [5.41, 5.74) is 0.00339. The molecule has 1 heterocycles. The van der Waals surface area contributed by atoms with Gasteiger partial charge in [0.1, 0.15) is 0 Å². The number of hydrogen-bond acceptors (Lipinski definition) is 2. The zero-order valence-electron chi connectivity index (χ0n) is 10.3. The quantitative estimate of drug-likeness (QED) is 0.752. The average molecular weight is 199 g/mol. The molecular formula is C12H25NO. The molecule has 1 aliphatic rings. The Morgan fingerprint density at radius 3 is 2.14 bits per heavy atom. The molecule has 0 aliphatic carbocycles. The SMILES string of the molecule is CC(C)C1(O)CN(CCC(C)(C)C)C1. The van der Waals surface area contributed by atoms with Crippen LogP contribution in [0.5, 0.6) is 0 Å². The molecule has 0 spiro atoms. The van der Waals surface area contributed by atoms with Crippen LogP contribution >= 0.6 is 0 Å². The summed E-state index contributed by atoms with van der Waals surface area (Å²) in [6, 6.07) is 0. The molecule has 0 aromatic rings. The van der Waals surface area contributed by atoms with E-state index in [1.807, 2.05) is 0 Å². The van der Waals surface area contributed by atoms with Crippen molar-refractivity contribution in [1.29, 1.82) is 0 Å². The molecule has 0 unspecified atom stereocenters. The second kappa shape index (κ2) is 3.82. The van der Waals surface area contributed by atoms with Gasteiger partial charge in [-0.15, -0.1) is 0 Å². The minimum Gasteiger partial charge on any atom is -0.387 e. The molecule has 2 nitrogen and oxygen atoms in total. The number of hydrogen-bond donors (Lipinski definition) is 1.